The number of morpholine rings is 1. The highest BCUT2D eigenvalue weighted by atomic mass is 16.5. The van der Waals surface area contributed by atoms with Crippen molar-refractivity contribution in [1.82, 2.24) is 19.5 Å². The maximum absolute atomic E-state index is 5.48. The monoisotopic (exact) mass is 367 g/mol. The fourth-order valence-corrected chi connectivity index (χ4v) is 3.38. The molecule has 142 valence electrons. The van der Waals surface area contributed by atoms with E-state index in [1.54, 1.807) is 7.11 Å². The maximum Gasteiger partial charge on any atom is 0.158 e. The lowest BCUT2D eigenvalue weighted by molar-refractivity contribution is 0.0398. The average molecular weight is 367 g/mol. The molecule has 7 heteroatoms. The van der Waals surface area contributed by atoms with E-state index < -0.39 is 0 Å². The Balaban J connectivity index is 1.58. The second-order valence-corrected chi connectivity index (χ2v) is 6.66. The van der Waals surface area contributed by atoms with Crippen molar-refractivity contribution in [2.75, 3.05) is 51.8 Å². The minimum absolute atomic E-state index is 0.805. The summed E-state index contributed by atoms with van der Waals surface area (Å²) in [5.41, 5.74) is 3.59. The van der Waals surface area contributed by atoms with Crippen LogP contribution in [0.4, 0.5) is 5.82 Å². The molecule has 1 saturated heterocycles. The van der Waals surface area contributed by atoms with Crippen LogP contribution in [0.15, 0.2) is 36.4 Å². The van der Waals surface area contributed by atoms with E-state index in [0.717, 1.165) is 73.6 Å². The Labute approximate surface area is 158 Å². The van der Waals surface area contributed by atoms with E-state index in [-0.39, 0.29) is 0 Å². The normalized spacial score (nSPS) is 15.2. The van der Waals surface area contributed by atoms with Gasteiger partial charge in [-0.1, -0.05) is 12.1 Å². The average Bonchev–Trinajstić information content (AvgIpc) is 3.12. The van der Waals surface area contributed by atoms with E-state index in [4.69, 9.17) is 14.6 Å². The topological polar surface area (TPSA) is 63.9 Å². The molecule has 1 aliphatic heterocycles. The summed E-state index contributed by atoms with van der Waals surface area (Å²) in [6, 6.07) is 11.9. The third-order valence-corrected chi connectivity index (χ3v) is 4.78. The number of hydrogen-bond acceptors (Lipinski definition) is 6. The highest BCUT2D eigenvalue weighted by molar-refractivity contribution is 5.71. The molecular formula is C20H25N5O2. The van der Waals surface area contributed by atoms with E-state index in [9.17, 15) is 0 Å². The molecule has 1 aliphatic rings. The highest BCUT2D eigenvalue weighted by Gasteiger charge is 2.14. The zero-order chi connectivity index (χ0) is 18.6. The van der Waals surface area contributed by atoms with Gasteiger partial charge in [0.2, 0.25) is 0 Å². The quantitative estimate of drug-likeness (QED) is 0.722. The SMILES string of the molecule is COc1ccccc1-c1cc2nc(C)cc(NCCN3CCOCC3)n2n1. The number of methoxy groups -OCH3 is 1. The largest absolute Gasteiger partial charge is 0.496 e. The van der Waals surface area contributed by atoms with Crippen molar-refractivity contribution in [2.45, 2.75) is 6.92 Å². The van der Waals surface area contributed by atoms with E-state index in [2.05, 4.69) is 15.2 Å². The zero-order valence-electron chi connectivity index (χ0n) is 15.8. The van der Waals surface area contributed by atoms with Crippen molar-refractivity contribution in [3.05, 3.63) is 42.1 Å². The van der Waals surface area contributed by atoms with Gasteiger partial charge in [0.25, 0.3) is 0 Å². The molecule has 0 amide bonds. The van der Waals surface area contributed by atoms with Crippen molar-refractivity contribution >= 4 is 11.5 Å². The third kappa shape index (κ3) is 3.89. The Morgan fingerprint density at radius 2 is 2.00 bits per heavy atom. The van der Waals surface area contributed by atoms with Crippen LogP contribution in [0.25, 0.3) is 16.9 Å². The first-order chi connectivity index (χ1) is 13.2. The molecule has 0 radical (unpaired) electrons. The van der Waals surface area contributed by atoms with Crippen LogP contribution < -0.4 is 10.1 Å². The number of fused-ring (bicyclic) bond motifs is 1. The molecule has 0 unspecified atom stereocenters. The molecule has 7 nitrogen and oxygen atoms in total. The second-order valence-electron chi connectivity index (χ2n) is 6.66. The van der Waals surface area contributed by atoms with Crippen LogP contribution in [-0.2, 0) is 4.74 Å². The molecule has 4 rings (SSSR count). The molecule has 0 bridgehead atoms. The number of rotatable bonds is 6. The predicted octanol–water partition coefficient (Wildman–Crippen LogP) is 2.46. The Kier molecular flexibility index (Phi) is 5.22. The summed E-state index contributed by atoms with van der Waals surface area (Å²) in [6.45, 7) is 7.45. The van der Waals surface area contributed by atoms with Gasteiger partial charge < -0.3 is 14.8 Å². The van der Waals surface area contributed by atoms with Crippen LogP contribution in [0.1, 0.15) is 5.69 Å². The molecule has 0 aliphatic carbocycles. The second kappa shape index (κ2) is 7.94. The summed E-state index contributed by atoms with van der Waals surface area (Å²) in [4.78, 5) is 7.04. The van der Waals surface area contributed by atoms with Crippen molar-refractivity contribution < 1.29 is 9.47 Å². The van der Waals surface area contributed by atoms with Crippen LogP contribution in [0, 0.1) is 6.92 Å². The van der Waals surface area contributed by atoms with Crippen LogP contribution in [-0.4, -0.2) is 66.0 Å². The lowest BCUT2D eigenvalue weighted by Gasteiger charge is -2.26. The van der Waals surface area contributed by atoms with E-state index in [1.807, 2.05) is 47.8 Å². The van der Waals surface area contributed by atoms with Gasteiger partial charge in [0.15, 0.2) is 5.65 Å². The Morgan fingerprint density at radius 3 is 2.81 bits per heavy atom. The lowest BCUT2D eigenvalue weighted by Crippen LogP contribution is -2.39. The minimum Gasteiger partial charge on any atom is -0.496 e. The molecule has 1 aromatic carbocycles. The molecule has 0 saturated carbocycles. The van der Waals surface area contributed by atoms with Crippen molar-refractivity contribution in [3.63, 3.8) is 0 Å². The van der Waals surface area contributed by atoms with Crippen molar-refractivity contribution in [1.29, 1.82) is 0 Å². The molecule has 3 aromatic rings. The standard InChI is InChI=1S/C20H25N5O2/c1-15-13-19(21-7-8-24-9-11-27-12-10-24)25-20(22-15)14-17(23-25)16-5-3-4-6-18(16)26-2/h3-6,13-14,21H,7-12H2,1-2H3. The summed E-state index contributed by atoms with van der Waals surface area (Å²) >= 11 is 0. The summed E-state index contributed by atoms with van der Waals surface area (Å²) in [5, 5.41) is 8.29. The molecule has 0 spiro atoms. The van der Waals surface area contributed by atoms with E-state index in [0.29, 0.717) is 0 Å². The summed E-state index contributed by atoms with van der Waals surface area (Å²) in [6.07, 6.45) is 0. The predicted molar refractivity (Wildman–Crippen MR) is 105 cm³/mol. The van der Waals surface area contributed by atoms with Gasteiger partial charge in [0, 0.05) is 49.6 Å². The van der Waals surface area contributed by atoms with Gasteiger partial charge in [-0.3, -0.25) is 4.90 Å². The van der Waals surface area contributed by atoms with Crippen LogP contribution in [0.5, 0.6) is 5.75 Å². The summed E-state index contributed by atoms with van der Waals surface area (Å²) in [7, 11) is 1.68. The number of aromatic nitrogens is 3. The molecule has 27 heavy (non-hydrogen) atoms. The Morgan fingerprint density at radius 1 is 1.19 bits per heavy atom. The summed E-state index contributed by atoms with van der Waals surface area (Å²) < 4.78 is 12.8. The summed E-state index contributed by atoms with van der Waals surface area (Å²) in [5.74, 6) is 1.76. The number of para-hydroxylation sites is 1. The first-order valence-electron chi connectivity index (χ1n) is 9.29. The van der Waals surface area contributed by atoms with Gasteiger partial charge in [-0.15, -0.1) is 0 Å². The number of benzene rings is 1. The number of nitrogens with one attached hydrogen (secondary N) is 1. The zero-order valence-corrected chi connectivity index (χ0v) is 15.8. The number of ether oxygens (including phenoxy) is 2. The fraction of sp³-hybridized carbons (Fsp3) is 0.400. The molecular weight excluding hydrogens is 342 g/mol. The van der Waals surface area contributed by atoms with Crippen LogP contribution >= 0.6 is 0 Å². The van der Waals surface area contributed by atoms with Gasteiger partial charge in [-0.05, 0) is 19.1 Å². The maximum atomic E-state index is 5.48. The number of nitrogens with zero attached hydrogens (tertiary/aromatic N) is 4. The number of anilines is 1. The van der Waals surface area contributed by atoms with Crippen LogP contribution in [0.2, 0.25) is 0 Å². The van der Waals surface area contributed by atoms with Gasteiger partial charge in [0.1, 0.15) is 11.6 Å². The minimum atomic E-state index is 0.805. The van der Waals surface area contributed by atoms with Crippen molar-refractivity contribution in [2.24, 2.45) is 0 Å². The van der Waals surface area contributed by atoms with Gasteiger partial charge in [-0.2, -0.15) is 9.61 Å². The molecule has 3 heterocycles. The van der Waals surface area contributed by atoms with Gasteiger partial charge in [-0.25, -0.2) is 4.98 Å². The smallest absolute Gasteiger partial charge is 0.158 e. The van der Waals surface area contributed by atoms with Gasteiger partial charge in [0.05, 0.1) is 26.0 Å². The highest BCUT2D eigenvalue weighted by Crippen LogP contribution is 2.29. The Bertz CT molecular complexity index is 918. The third-order valence-electron chi connectivity index (χ3n) is 4.78. The van der Waals surface area contributed by atoms with Gasteiger partial charge >= 0.3 is 0 Å². The molecule has 2 aromatic heterocycles. The first kappa shape index (κ1) is 17.8. The van der Waals surface area contributed by atoms with Crippen molar-refractivity contribution in [3.8, 4) is 17.0 Å². The molecule has 1 fully saturated rings. The fourth-order valence-electron chi connectivity index (χ4n) is 3.38. The van der Waals surface area contributed by atoms with E-state index >= 15 is 0 Å². The number of hydrogen-bond donors (Lipinski definition) is 1. The first-order valence-corrected chi connectivity index (χ1v) is 9.29. The number of aryl methyl sites for hydroxylation is 1. The molecule has 1 N–H and O–H groups in total. The molecule has 0 atom stereocenters. The Hall–Kier alpha value is -2.64. The van der Waals surface area contributed by atoms with Crippen LogP contribution in [0.3, 0.4) is 0 Å². The van der Waals surface area contributed by atoms with E-state index in [1.165, 1.54) is 0 Å². The lowest BCUT2D eigenvalue weighted by atomic mass is 10.1.